The molecule has 0 saturated carbocycles. The van der Waals surface area contributed by atoms with E-state index in [0.29, 0.717) is 12.5 Å². The Morgan fingerprint density at radius 3 is 2.76 bits per heavy atom. The lowest BCUT2D eigenvalue weighted by molar-refractivity contribution is -0.124. The fourth-order valence-electron chi connectivity index (χ4n) is 3.05. The third kappa shape index (κ3) is 4.07. The highest BCUT2D eigenvalue weighted by molar-refractivity contribution is 5.79. The normalized spacial score (nSPS) is 16.6. The topological polar surface area (TPSA) is 85.0 Å². The van der Waals surface area contributed by atoms with Gasteiger partial charge < -0.3 is 10.2 Å². The van der Waals surface area contributed by atoms with Gasteiger partial charge in [-0.2, -0.15) is 10.2 Å². The lowest BCUT2D eigenvalue weighted by Gasteiger charge is -2.33. The number of nitrogens with one attached hydrogen (secondary N) is 1. The van der Waals surface area contributed by atoms with Gasteiger partial charge in [-0.05, 0) is 31.7 Å². The Hall–Kier alpha value is -2.64. The number of aryl methyl sites for hydroxylation is 1. The van der Waals surface area contributed by atoms with E-state index in [1.165, 1.54) is 4.68 Å². The largest absolute Gasteiger partial charge is 0.370 e. The van der Waals surface area contributed by atoms with Gasteiger partial charge in [-0.1, -0.05) is 0 Å². The smallest absolute Gasteiger partial charge is 0.268 e. The second-order valence-electron chi connectivity index (χ2n) is 6.51. The summed E-state index contributed by atoms with van der Waals surface area (Å²) in [6.45, 7) is 4.25. The molecule has 0 radical (unpaired) electrons. The van der Waals surface area contributed by atoms with Crippen molar-refractivity contribution >= 4 is 11.6 Å². The van der Waals surface area contributed by atoms with Crippen LogP contribution in [0.3, 0.4) is 0 Å². The molecule has 0 aliphatic carbocycles. The van der Waals surface area contributed by atoms with E-state index < -0.39 is 0 Å². The van der Waals surface area contributed by atoms with Crippen LogP contribution < -0.4 is 15.8 Å². The van der Waals surface area contributed by atoms with E-state index in [2.05, 4.69) is 20.4 Å². The molecule has 1 N–H and O–H groups in total. The zero-order chi connectivity index (χ0) is 17.8. The average Bonchev–Trinajstić information content (AvgIpc) is 3.16. The molecule has 1 aliphatic heterocycles. The second kappa shape index (κ2) is 7.50. The number of amides is 1. The van der Waals surface area contributed by atoms with Crippen LogP contribution in [0.4, 0.5) is 5.69 Å². The summed E-state index contributed by atoms with van der Waals surface area (Å²) in [6, 6.07) is 3.13. The minimum absolute atomic E-state index is 0.0121. The molecule has 0 aromatic carbocycles. The molecule has 25 heavy (non-hydrogen) atoms. The molecule has 134 valence electrons. The van der Waals surface area contributed by atoms with E-state index in [4.69, 9.17) is 0 Å². The minimum Gasteiger partial charge on any atom is -0.370 e. The fourth-order valence-corrected chi connectivity index (χ4v) is 3.05. The number of carbonyl (C=O) groups is 1. The summed E-state index contributed by atoms with van der Waals surface area (Å²) in [7, 11) is 1.64. The van der Waals surface area contributed by atoms with Crippen molar-refractivity contribution in [3.8, 4) is 0 Å². The van der Waals surface area contributed by atoms with Crippen molar-refractivity contribution < 1.29 is 4.79 Å². The summed E-state index contributed by atoms with van der Waals surface area (Å²) < 4.78 is 2.98. The highest BCUT2D eigenvalue weighted by Gasteiger charge is 2.22. The summed E-state index contributed by atoms with van der Waals surface area (Å²) in [4.78, 5) is 26.1. The molecule has 1 aliphatic rings. The predicted molar refractivity (Wildman–Crippen MR) is 94.4 cm³/mol. The van der Waals surface area contributed by atoms with Crippen LogP contribution in [-0.4, -0.2) is 45.1 Å². The third-order valence-corrected chi connectivity index (χ3v) is 4.80. The molecule has 1 atom stereocenters. The first-order valence-electron chi connectivity index (χ1n) is 8.59. The van der Waals surface area contributed by atoms with Crippen molar-refractivity contribution in [2.45, 2.75) is 25.8 Å². The van der Waals surface area contributed by atoms with Gasteiger partial charge >= 0.3 is 0 Å². The Labute approximate surface area is 146 Å². The first-order valence-corrected chi connectivity index (χ1v) is 8.59. The number of aromatic nitrogens is 4. The predicted octanol–water partition coefficient (Wildman–Crippen LogP) is 0.571. The molecule has 0 spiro atoms. The number of hydrogen-bond donors (Lipinski definition) is 1. The number of rotatable bonds is 5. The van der Waals surface area contributed by atoms with Crippen molar-refractivity contribution in [3.63, 3.8) is 0 Å². The van der Waals surface area contributed by atoms with E-state index in [1.54, 1.807) is 36.4 Å². The van der Waals surface area contributed by atoms with Gasteiger partial charge in [0.25, 0.3) is 5.56 Å². The van der Waals surface area contributed by atoms with Crippen molar-refractivity contribution in [1.29, 1.82) is 0 Å². The summed E-state index contributed by atoms with van der Waals surface area (Å²) in [5.41, 5.74) is 0.775. The zero-order valence-electron chi connectivity index (χ0n) is 14.6. The van der Waals surface area contributed by atoms with Crippen molar-refractivity contribution in [1.82, 2.24) is 24.9 Å². The van der Waals surface area contributed by atoms with E-state index in [0.717, 1.165) is 31.6 Å². The van der Waals surface area contributed by atoms with Crippen LogP contribution in [0.15, 0.2) is 35.5 Å². The first-order chi connectivity index (χ1) is 12.0. The maximum Gasteiger partial charge on any atom is 0.268 e. The summed E-state index contributed by atoms with van der Waals surface area (Å²) in [5, 5.41) is 11.2. The van der Waals surface area contributed by atoms with E-state index in [1.807, 2.05) is 13.0 Å². The van der Waals surface area contributed by atoms with E-state index in [9.17, 15) is 9.59 Å². The van der Waals surface area contributed by atoms with Gasteiger partial charge in [0, 0.05) is 45.1 Å². The molecule has 2 aromatic heterocycles. The monoisotopic (exact) mass is 344 g/mol. The van der Waals surface area contributed by atoms with Crippen molar-refractivity contribution in [2.75, 3.05) is 24.5 Å². The lowest BCUT2D eigenvalue weighted by Crippen LogP contribution is -2.40. The molecule has 1 amide bonds. The molecule has 3 rings (SSSR count). The Morgan fingerprint density at radius 1 is 1.36 bits per heavy atom. The Kier molecular flexibility index (Phi) is 5.16. The van der Waals surface area contributed by atoms with Gasteiger partial charge in [-0.15, -0.1) is 0 Å². The quantitative estimate of drug-likeness (QED) is 0.857. The molecule has 0 bridgehead atoms. The average molecular weight is 344 g/mol. The molecule has 1 fully saturated rings. The highest BCUT2D eigenvalue weighted by Crippen LogP contribution is 2.21. The minimum atomic E-state index is -0.304. The number of carbonyl (C=O) groups excluding carboxylic acids is 1. The van der Waals surface area contributed by atoms with E-state index in [-0.39, 0.29) is 17.5 Å². The Bertz CT molecular complexity index is 762. The van der Waals surface area contributed by atoms with Crippen molar-refractivity contribution in [3.05, 3.63) is 41.1 Å². The summed E-state index contributed by atoms with van der Waals surface area (Å²) in [6.07, 6.45) is 7.15. The second-order valence-corrected chi connectivity index (χ2v) is 6.51. The molecular weight excluding hydrogens is 320 g/mol. The third-order valence-electron chi connectivity index (χ3n) is 4.80. The Balaban J connectivity index is 1.47. The van der Waals surface area contributed by atoms with Gasteiger partial charge in [0.15, 0.2) is 0 Å². The van der Waals surface area contributed by atoms with Crippen LogP contribution in [0.2, 0.25) is 0 Å². The highest BCUT2D eigenvalue weighted by atomic mass is 16.2. The molecule has 8 nitrogen and oxygen atoms in total. The first kappa shape index (κ1) is 17.2. The van der Waals surface area contributed by atoms with Crippen molar-refractivity contribution in [2.24, 2.45) is 13.0 Å². The van der Waals surface area contributed by atoms with Gasteiger partial charge in [0.05, 0.1) is 11.9 Å². The molecule has 3 heterocycles. The van der Waals surface area contributed by atoms with Crippen LogP contribution in [-0.2, 0) is 11.8 Å². The number of piperidine rings is 1. The van der Waals surface area contributed by atoms with Crippen LogP contribution in [0, 0.1) is 5.92 Å². The van der Waals surface area contributed by atoms with Gasteiger partial charge in [0.1, 0.15) is 6.04 Å². The molecule has 2 aromatic rings. The molecule has 0 unspecified atom stereocenters. The standard InChI is InChI=1S/C17H24N6O2/c1-13(23-7-3-6-19-23)17(25)18-11-14-4-8-22(9-5-14)15-10-16(24)21(2)20-12-15/h3,6-7,10,12-14H,4-5,8-9,11H2,1-2H3,(H,18,25)/t13-/m1/s1. The molecule has 1 saturated heterocycles. The van der Waals surface area contributed by atoms with Gasteiger partial charge in [-0.3, -0.25) is 14.3 Å². The van der Waals surface area contributed by atoms with Gasteiger partial charge in [-0.25, -0.2) is 4.68 Å². The number of nitrogens with zero attached hydrogens (tertiary/aromatic N) is 5. The maximum absolute atomic E-state index is 12.2. The van der Waals surface area contributed by atoms with Crippen LogP contribution >= 0.6 is 0 Å². The van der Waals surface area contributed by atoms with E-state index >= 15 is 0 Å². The number of anilines is 1. The molecular formula is C17H24N6O2. The van der Waals surface area contributed by atoms with Crippen LogP contribution in [0.5, 0.6) is 0 Å². The zero-order valence-corrected chi connectivity index (χ0v) is 14.6. The van der Waals surface area contributed by atoms with Crippen LogP contribution in [0.25, 0.3) is 0 Å². The van der Waals surface area contributed by atoms with Crippen LogP contribution in [0.1, 0.15) is 25.8 Å². The molecule has 8 heteroatoms. The lowest BCUT2D eigenvalue weighted by atomic mass is 9.96. The summed E-state index contributed by atoms with van der Waals surface area (Å²) in [5.74, 6) is 0.436. The Morgan fingerprint density at radius 2 is 2.12 bits per heavy atom. The summed E-state index contributed by atoms with van der Waals surface area (Å²) >= 11 is 0. The number of hydrogen-bond acceptors (Lipinski definition) is 5. The SMILES string of the molecule is C[C@H](C(=O)NCC1CCN(c2cnn(C)c(=O)c2)CC1)n1cccn1. The maximum atomic E-state index is 12.2. The fraction of sp³-hybridized carbons (Fsp3) is 0.529. The van der Waals surface area contributed by atoms with Gasteiger partial charge in [0.2, 0.25) is 5.91 Å².